The lowest BCUT2D eigenvalue weighted by atomic mass is 10.0. The van der Waals surface area contributed by atoms with Crippen molar-refractivity contribution in [2.45, 2.75) is 20.3 Å². The maximum absolute atomic E-state index is 14.3. The van der Waals surface area contributed by atoms with Gasteiger partial charge in [0.25, 0.3) is 0 Å². The van der Waals surface area contributed by atoms with Gasteiger partial charge in [0.05, 0.1) is 13.2 Å². The minimum atomic E-state index is -0.825. The summed E-state index contributed by atoms with van der Waals surface area (Å²) in [6.07, 6.45) is 0.349. The minimum Gasteiger partial charge on any atom is -0.493 e. The smallest absolute Gasteiger partial charge is 0.166 e. The summed E-state index contributed by atoms with van der Waals surface area (Å²) in [5.74, 6) is -0.477. The Morgan fingerprint density at radius 2 is 1.65 bits per heavy atom. The molecule has 0 atom stereocenters. The van der Waals surface area contributed by atoms with Crippen molar-refractivity contribution in [1.29, 1.82) is 0 Å². The highest BCUT2D eigenvalue weighted by Gasteiger charge is 2.14. The highest BCUT2D eigenvalue weighted by Crippen LogP contribution is 2.28. The standard InChI is InChI=1S/C19H22F2O2/c1-13(2)12-23-16-7-4-14(5-8-16)17-9-6-15(10-11-22-3)18(20)19(17)21/h4-9,13H,10-12H2,1-3H3. The first-order valence-electron chi connectivity index (χ1n) is 7.72. The van der Waals surface area contributed by atoms with Gasteiger partial charge in [0.1, 0.15) is 5.75 Å². The van der Waals surface area contributed by atoms with Crippen LogP contribution in [0.15, 0.2) is 36.4 Å². The van der Waals surface area contributed by atoms with E-state index in [1.165, 1.54) is 7.11 Å². The first-order valence-corrected chi connectivity index (χ1v) is 7.72. The first-order chi connectivity index (χ1) is 11.0. The van der Waals surface area contributed by atoms with Crippen molar-refractivity contribution in [3.05, 3.63) is 53.6 Å². The van der Waals surface area contributed by atoms with Crippen LogP contribution in [-0.4, -0.2) is 20.3 Å². The fraction of sp³-hybridized carbons (Fsp3) is 0.368. The van der Waals surface area contributed by atoms with Crippen molar-refractivity contribution in [2.24, 2.45) is 5.92 Å². The van der Waals surface area contributed by atoms with Crippen molar-refractivity contribution in [3.63, 3.8) is 0 Å². The molecule has 0 amide bonds. The van der Waals surface area contributed by atoms with Gasteiger partial charge in [-0.15, -0.1) is 0 Å². The third-order valence-electron chi connectivity index (χ3n) is 3.49. The third-order valence-corrected chi connectivity index (χ3v) is 3.49. The van der Waals surface area contributed by atoms with Gasteiger partial charge in [0, 0.05) is 12.7 Å². The summed E-state index contributed by atoms with van der Waals surface area (Å²) in [7, 11) is 1.53. The Balaban J connectivity index is 2.19. The Hall–Kier alpha value is -1.94. The molecule has 0 unspecified atom stereocenters. The monoisotopic (exact) mass is 320 g/mol. The maximum atomic E-state index is 14.3. The second kappa shape index (κ2) is 8.06. The van der Waals surface area contributed by atoms with Gasteiger partial charge in [0.2, 0.25) is 0 Å². The molecular formula is C19H22F2O2. The predicted octanol–water partition coefficient (Wildman–Crippen LogP) is 4.86. The van der Waals surface area contributed by atoms with E-state index < -0.39 is 11.6 Å². The highest BCUT2D eigenvalue weighted by molar-refractivity contribution is 5.65. The van der Waals surface area contributed by atoms with Crippen LogP contribution in [0.1, 0.15) is 19.4 Å². The second-order valence-corrected chi connectivity index (χ2v) is 5.87. The molecule has 4 heteroatoms. The Morgan fingerprint density at radius 1 is 0.957 bits per heavy atom. The molecule has 0 heterocycles. The van der Waals surface area contributed by atoms with Crippen molar-refractivity contribution in [1.82, 2.24) is 0 Å². The molecular weight excluding hydrogens is 298 g/mol. The van der Waals surface area contributed by atoms with Gasteiger partial charge >= 0.3 is 0 Å². The molecule has 2 rings (SSSR count). The molecule has 0 fully saturated rings. The number of hydrogen-bond donors (Lipinski definition) is 0. The summed E-state index contributed by atoms with van der Waals surface area (Å²) >= 11 is 0. The summed E-state index contributed by atoms with van der Waals surface area (Å²) in [6.45, 7) is 5.11. The Kier molecular flexibility index (Phi) is 6.11. The van der Waals surface area contributed by atoms with Crippen molar-refractivity contribution >= 4 is 0 Å². The number of benzene rings is 2. The fourth-order valence-electron chi connectivity index (χ4n) is 2.21. The van der Waals surface area contributed by atoms with Gasteiger partial charge in [-0.1, -0.05) is 38.1 Å². The molecule has 2 aromatic carbocycles. The number of hydrogen-bond acceptors (Lipinski definition) is 2. The van der Waals surface area contributed by atoms with Gasteiger partial charge in [-0.2, -0.15) is 0 Å². The van der Waals surface area contributed by atoms with E-state index in [2.05, 4.69) is 13.8 Å². The van der Waals surface area contributed by atoms with E-state index in [1.54, 1.807) is 36.4 Å². The lowest BCUT2D eigenvalue weighted by Gasteiger charge is -2.11. The maximum Gasteiger partial charge on any atom is 0.166 e. The largest absolute Gasteiger partial charge is 0.493 e. The van der Waals surface area contributed by atoms with Crippen molar-refractivity contribution in [2.75, 3.05) is 20.3 Å². The summed E-state index contributed by atoms with van der Waals surface area (Å²) in [5.41, 5.74) is 1.20. The summed E-state index contributed by atoms with van der Waals surface area (Å²) in [6, 6.07) is 10.2. The SMILES string of the molecule is COCCc1ccc(-c2ccc(OCC(C)C)cc2)c(F)c1F. The normalized spacial score (nSPS) is 11.0. The Labute approximate surface area is 136 Å². The molecule has 0 saturated carbocycles. The lowest BCUT2D eigenvalue weighted by Crippen LogP contribution is -2.04. The highest BCUT2D eigenvalue weighted by atomic mass is 19.2. The topological polar surface area (TPSA) is 18.5 Å². The van der Waals surface area contributed by atoms with Crippen LogP contribution in [0.4, 0.5) is 8.78 Å². The van der Waals surface area contributed by atoms with Crippen molar-refractivity contribution in [3.8, 4) is 16.9 Å². The molecule has 0 aliphatic heterocycles. The van der Waals surface area contributed by atoms with E-state index in [0.717, 1.165) is 5.75 Å². The molecule has 0 aliphatic carbocycles. The molecule has 0 aromatic heterocycles. The third kappa shape index (κ3) is 4.52. The van der Waals surface area contributed by atoms with Crippen LogP contribution in [0.2, 0.25) is 0 Å². The molecule has 0 saturated heterocycles. The van der Waals surface area contributed by atoms with Crippen LogP contribution in [0.5, 0.6) is 5.75 Å². The van der Waals surface area contributed by atoms with Crippen LogP contribution in [0.3, 0.4) is 0 Å². The van der Waals surface area contributed by atoms with Crippen LogP contribution in [0, 0.1) is 17.6 Å². The summed E-state index contributed by atoms with van der Waals surface area (Å²) in [5, 5.41) is 0. The molecule has 124 valence electrons. The van der Waals surface area contributed by atoms with E-state index in [4.69, 9.17) is 9.47 Å². The Morgan fingerprint density at radius 3 is 2.26 bits per heavy atom. The summed E-state index contributed by atoms with van der Waals surface area (Å²) < 4.78 is 38.9. The van der Waals surface area contributed by atoms with Gasteiger partial charge in [-0.05, 0) is 35.6 Å². The molecule has 2 aromatic rings. The number of halogens is 2. The van der Waals surface area contributed by atoms with Gasteiger partial charge in [-0.25, -0.2) is 8.78 Å². The zero-order chi connectivity index (χ0) is 16.8. The predicted molar refractivity (Wildman–Crippen MR) is 87.7 cm³/mol. The van der Waals surface area contributed by atoms with Crippen LogP contribution < -0.4 is 4.74 Å². The summed E-state index contributed by atoms with van der Waals surface area (Å²) in [4.78, 5) is 0. The average Bonchev–Trinajstić information content (AvgIpc) is 2.55. The van der Waals surface area contributed by atoms with Crippen LogP contribution >= 0.6 is 0 Å². The molecule has 0 radical (unpaired) electrons. The molecule has 0 bridgehead atoms. The zero-order valence-corrected chi connectivity index (χ0v) is 13.7. The van der Waals surface area contributed by atoms with Crippen LogP contribution in [0.25, 0.3) is 11.1 Å². The molecule has 0 aliphatic rings. The van der Waals surface area contributed by atoms with E-state index in [9.17, 15) is 8.78 Å². The second-order valence-electron chi connectivity index (χ2n) is 5.87. The fourth-order valence-corrected chi connectivity index (χ4v) is 2.21. The minimum absolute atomic E-state index is 0.249. The van der Waals surface area contributed by atoms with Gasteiger partial charge in [-0.3, -0.25) is 0 Å². The first kappa shape index (κ1) is 17.4. The van der Waals surface area contributed by atoms with E-state index >= 15 is 0 Å². The van der Waals surface area contributed by atoms with Crippen LogP contribution in [-0.2, 0) is 11.2 Å². The molecule has 0 spiro atoms. The van der Waals surface area contributed by atoms with Crippen molar-refractivity contribution < 1.29 is 18.3 Å². The van der Waals surface area contributed by atoms with Gasteiger partial charge < -0.3 is 9.47 Å². The average molecular weight is 320 g/mol. The van der Waals surface area contributed by atoms with Gasteiger partial charge in [0.15, 0.2) is 11.6 Å². The molecule has 2 nitrogen and oxygen atoms in total. The molecule has 23 heavy (non-hydrogen) atoms. The zero-order valence-electron chi connectivity index (χ0n) is 13.7. The number of ether oxygens (including phenoxy) is 2. The van der Waals surface area contributed by atoms with E-state index in [-0.39, 0.29) is 5.56 Å². The Bertz CT molecular complexity index is 637. The number of rotatable bonds is 7. The molecule has 0 N–H and O–H groups in total. The quantitative estimate of drug-likeness (QED) is 0.725. The lowest BCUT2D eigenvalue weighted by molar-refractivity contribution is 0.201. The van der Waals surface area contributed by atoms with E-state index in [0.29, 0.717) is 36.7 Å². The number of methoxy groups -OCH3 is 1. The van der Waals surface area contributed by atoms with E-state index in [1.807, 2.05) is 0 Å².